The number of rotatable bonds is 1. The number of allylic oxidation sites excluding steroid dienone is 1. The minimum Gasteiger partial charge on any atom is -0.299 e. The molecule has 0 aliphatic heterocycles. The molecule has 0 amide bonds. The lowest BCUT2D eigenvalue weighted by Crippen LogP contribution is -1.44. The fourth-order valence-corrected chi connectivity index (χ4v) is 0. The van der Waals surface area contributed by atoms with Crippen LogP contribution in [0.1, 0.15) is 0 Å². The lowest BCUT2D eigenvalue weighted by atomic mass is 10.8. The van der Waals surface area contributed by atoms with Gasteiger partial charge in [-0.05, 0) is 6.08 Å². The summed E-state index contributed by atoms with van der Waals surface area (Å²) in [5, 5.41) is 0. The maximum atomic E-state index is 9.06. The van der Waals surface area contributed by atoms with Crippen LogP contribution in [-0.4, -0.2) is 6.29 Å². The molecule has 0 aromatic carbocycles. The number of carbonyl (C=O) groups is 1. The van der Waals surface area contributed by atoms with E-state index in [0.717, 1.165) is 0 Å². The third kappa shape index (κ3) is 1.41. The molecule has 1 nitrogen and oxygen atoms in total. The number of hydrogen-bond donors (Lipinski definition) is 0. The van der Waals surface area contributed by atoms with Crippen molar-refractivity contribution in [3.63, 3.8) is 0 Å². The summed E-state index contributed by atoms with van der Waals surface area (Å²) in [6, 6.07) is 0. The first-order chi connectivity index (χ1) is 1.91. The van der Waals surface area contributed by atoms with E-state index in [0.29, 0.717) is 6.29 Å². The Morgan fingerprint density at radius 1 is 1.75 bits per heavy atom. The second kappa shape index (κ2) is 2.41. The van der Waals surface area contributed by atoms with Crippen LogP contribution in [0.4, 0.5) is 0 Å². The van der Waals surface area contributed by atoms with Crippen LogP contribution >= 0.6 is 0 Å². The first kappa shape index (κ1) is 3.41. The van der Waals surface area contributed by atoms with E-state index in [4.69, 9.17) is 4.79 Å². The molecule has 0 N–H and O–H groups in total. The van der Waals surface area contributed by atoms with Gasteiger partial charge in [-0.25, -0.2) is 0 Å². The lowest BCUT2D eigenvalue weighted by molar-refractivity contribution is -0.104. The third-order valence-corrected chi connectivity index (χ3v) is 0.0962. The molecule has 22 valence electrons. The van der Waals surface area contributed by atoms with Crippen LogP contribution in [0.5, 0.6) is 0 Å². The molecule has 0 atom stereocenters. The molecule has 0 spiro atoms. The van der Waals surface area contributed by atoms with E-state index in [1.165, 1.54) is 6.08 Å². The van der Waals surface area contributed by atoms with Gasteiger partial charge in [0.05, 0.1) is 0 Å². The van der Waals surface area contributed by atoms with Gasteiger partial charge in [0.1, 0.15) is 6.29 Å². The Labute approximate surface area is 24.9 Å². The van der Waals surface area contributed by atoms with Gasteiger partial charge in [0.2, 0.25) is 0 Å². The summed E-state index contributed by atoms with van der Waals surface area (Å²) in [6.07, 6.45) is 1.83. The standard InChI is InChI=1S/C3H4O/c1-2-3-4/h2-3H,1H2/i4+2. The Bertz CT molecular complexity index is 24.3. The van der Waals surface area contributed by atoms with Gasteiger partial charge < -0.3 is 0 Å². The first-order valence-electron chi connectivity index (χ1n) is 0.977. The minimum absolute atomic E-state index is 0.639. The number of carbonyl (C=O) groups excluding carboxylic acids is 1. The molecule has 0 unspecified atom stereocenters. The second-order valence-corrected chi connectivity index (χ2v) is 0.372. The van der Waals surface area contributed by atoms with E-state index in [2.05, 4.69) is 6.58 Å². The molecule has 0 radical (unpaired) electrons. The number of hydrogen-bond acceptors (Lipinski definition) is 1. The van der Waals surface area contributed by atoms with Crippen molar-refractivity contribution in [2.24, 2.45) is 0 Å². The molecule has 0 aromatic heterocycles. The van der Waals surface area contributed by atoms with Crippen molar-refractivity contribution in [3.8, 4) is 0 Å². The van der Waals surface area contributed by atoms with Crippen LogP contribution in [0.15, 0.2) is 12.7 Å². The van der Waals surface area contributed by atoms with Crippen molar-refractivity contribution in [2.75, 3.05) is 0 Å². The van der Waals surface area contributed by atoms with E-state index in [9.17, 15) is 0 Å². The average Bonchev–Trinajstić information content (AvgIpc) is 1.37. The van der Waals surface area contributed by atoms with Gasteiger partial charge in [-0.1, -0.05) is 6.58 Å². The summed E-state index contributed by atoms with van der Waals surface area (Å²) in [4.78, 5) is 9.06. The molecular weight excluding hydrogens is 54.0 g/mol. The van der Waals surface area contributed by atoms with Gasteiger partial charge in [-0.3, -0.25) is 4.79 Å². The van der Waals surface area contributed by atoms with Crippen LogP contribution < -0.4 is 0 Å². The summed E-state index contributed by atoms with van der Waals surface area (Å²) >= 11 is 0. The van der Waals surface area contributed by atoms with Crippen molar-refractivity contribution in [3.05, 3.63) is 12.7 Å². The molecule has 0 rings (SSSR count). The number of aldehydes is 1. The van der Waals surface area contributed by atoms with E-state index in [1.807, 2.05) is 0 Å². The Kier molecular flexibility index (Phi) is 2.05. The maximum absolute atomic E-state index is 9.06. The van der Waals surface area contributed by atoms with Gasteiger partial charge in [-0.2, -0.15) is 0 Å². The Hall–Kier alpha value is -0.590. The molecule has 0 aliphatic carbocycles. The lowest BCUT2D eigenvalue weighted by Gasteiger charge is -1.37. The highest BCUT2D eigenvalue weighted by Gasteiger charge is 1.38. The average molecular weight is 58.1 g/mol. The van der Waals surface area contributed by atoms with Crippen LogP contribution in [0.3, 0.4) is 0 Å². The van der Waals surface area contributed by atoms with Crippen LogP contribution in [-0.2, 0) is 4.79 Å². The normalized spacial score (nSPS) is 5.00. The van der Waals surface area contributed by atoms with Gasteiger partial charge in [0.15, 0.2) is 0 Å². The van der Waals surface area contributed by atoms with Crippen molar-refractivity contribution in [1.82, 2.24) is 0 Å². The molecule has 0 saturated carbocycles. The van der Waals surface area contributed by atoms with E-state index < -0.39 is 0 Å². The first-order valence-corrected chi connectivity index (χ1v) is 0.977. The Morgan fingerprint density at radius 3 is 2.00 bits per heavy atom. The predicted octanol–water partition coefficient (Wildman–Crippen LogP) is 0.371. The van der Waals surface area contributed by atoms with Crippen molar-refractivity contribution in [1.29, 1.82) is 0 Å². The van der Waals surface area contributed by atoms with Crippen LogP contribution in [0.2, 0.25) is 0 Å². The van der Waals surface area contributed by atoms with E-state index >= 15 is 0 Å². The zero-order valence-corrected chi connectivity index (χ0v) is 2.27. The minimum atomic E-state index is 0.639. The van der Waals surface area contributed by atoms with E-state index in [-0.39, 0.29) is 0 Å². The van der Waals surface area contributed by atoms with Gasteiger partial charge in [0, 0.05) is 0 Å². The van der Waals surface area contributed by atoms with Crippen molar-refractivity contribution < 1.29 is 4.79 Å². The highest BCUT2D eigenvalue weighted by atomic mass is 18.1. The van der Waals surface area contributed by atoms with Crippen LogP contribution in [0.25, 0.3) is 0 Å². The molecule has 0 aromatic rings. The predicted molar refractivity (Wildman–Crippen MR) is 16.3 cm³/mol. The SMILES string of the molecule is C=CC=[18O]. The fraction of sp³-hybridized carbons (Fsp3) is 0. The monoisotopic (exact) mass is 58.0 g/mol. The molecule has 0 fully saturated rings. The summed E-state index contributed by atoms with van der Waals surface area (Å²) < 4.78 is 0. The second-order valence-electron chi connectivity index (χ2n) is 0.372. The highest BCUT2D eigenvalue weighted by molar-refractivity contribution is 5.63. The van der Waals surface area contributed by atoms with Gasteiger partial charge >= 0.3 is 0 Å². The quantitative estimate of drug-likeness (QED) is 0.242. The Balaban J connectivity index is 2.73. The zero-order valence-electron chi connectivity index (χ0n) is 2.27. The molecule has 0 heterocycles. The van der Waals surface area contributed by atoms with E-state index in [1.54, 1.807) is 0 Å². The molecule has 0 saturated heterocycles. The summed E-state index contributed by atoms with van der Waals surface area (Å²) in [5.41, 5.74) is 0. The van der Waals surface area contributed by atoms with Crippen molar-refractivity contribution >= 4 is 6.29 Å². The summed E-state index contributed by atoms with van der Waals surface area (Å²) in [6.45, 7) is 3.11. The fourth-order valence-electron chi connectivity index (χ4n) is 0. The molecule has 4 heavy (non-hydrogen) atoms. The maximum Gasteiger partial charge on any atom is 0.142 e. The van der Waals surface area contributed by atoms with Gasteiger partial charge in [-0.15, -0.1) is 0 Å². The summed E-state index contributed by atoms with van der Waals surface area (Å²) in [5.74, 6) is 0. The summed E-state index contributed by atoms with van der Waals surface area (Å²) in [7, 11) is 0. The molecule has 1 heteroatoms. The van der Waals surface area contributed by atoms with Crippen LogP contribution in [0, 0.1) is 0 Å². The molecular formula is C3H4O. The van der Waals surface area contributed by atoms with Crippen molar-refractivity contribution in [2.45, 2.75) is 0 Å². The molecule has 0 bridgehead atoms. The highest BCUT2D eigenvalue weighted by Crippen LogP contribution is 1.35. The third-order valence-electron chi connectivity index (χ3n) is 0.0962. The smallest absolute Gasteiger partial charge is 0.142 e. The largest absolute Gasteiger partial charge is 0.299 e. The zero-order chi connectivity index (χ0) is 3.41. The van der Waals surface area contributed by atoms with Gasteiger partial charge in [0.25, 0.3) is 0 Å². The topological polar surface area (TPSA) is 17.1 Å². The Morgan fingerprint density at radius 2 is 2.00 bits per heavy atom. The molecule has 0 aliphatic rings.